The fraction of sp³-hybridized carbons (Fsp3) is 0.750. The third-order valence-corrected chi connectivity index (χ3v) is 1.75. The lowest BCUT2D eigenvalue weighted by Gasteiger charge is -2.06. The minimum atomic E-state index is 0.736. The highest BCUT2D eigenvalue weighted by Crippen LogP contribution is 2.10. The zero-order valence-corrected chi connectivity index (χ0v) is 6.31. The predicted molar refractivity (Wildman–Crippen MR) is 42.0 cm³/mol. The van der Waals surface area contributed by atoms with Gasteiger partial charge < -0.3 is 10.1 Å². The second-order valence-electron chi connectivity index (χ2n) is 2.68. The Balaban J connectivity index is 1.96. The summed E-state index contributed by atoms with van der Waals surface area (Å²) in [4.78, 5) is 0. The lowest BCUT2D eigenvalue weighted by Crippen LogP contribution is -2.22. The van der Waals surface area contributed by atoms with E-state index in [4.69, 9.17) is 4.74 Å². The van der Waals surface area contributed by atoms with Gasteiger partial charge in [-0.15, -0.1) is 6.58 Å². The maximum atomic E-state index is 5.22. The molecule has 0 spiro atoms. The van der Waals surface area contributed by atoms with E-state index >= 15 is 0 Å². The molecule has 0 aliphatic carbocycles. The highest BCUT2D eigenvalue weighted by molar-refractivity contribution is 4.73. The van der Waals surface area contributed by atoms with Crippen LogP contribution in [0.15, 0.2) is 12.7 Å². The molecule has 0 aromatic rings. The Bertz CT molecular complexity index is 97.4. The molecule has 0 aromatic carbocycles. The molecule has 0 bridgehead atoms. The largest absolute Gasteiger partial charge is 0.381 e. The van der Waals surface area contributed by atoms with E-state index in [1.165, 1.54) is 6.42 Å². The van der Waals surface area contributed by atoms with Crippen molar-refractivity contribution in [3.05, 3.63) is 12.7 Å². The third-order valence-electron chi connectivity index (χ3n) is 1.75. The van der Waals surface area contributed by atoms with Crippen LogP contribution in [0.1, 0.15) is 6.42 Å². The van der Waals surface area contributed by atoms with E-state index < -0.39 is 0 Å². The molecule has 2 nitrogen and oxygen atoms in total. The monoisotopic (exact) mass is 141 g/mol. The molecule has 0 amide bonds. The molecule has 2 heteroatoms. The average Bonchev–Trinajstić information content (AvgIpc) is 2.41. The van der Waals surface area contributed by atoms with Gasteiger partial charge in [0.15, 0.2) is 0 Å². The van der Waals surface area contributed by atoms with Gasteiger partial charge in [-0.25, -0.2) is 0 Å². The second-order valence-corrected chi connectivity index (χ2v) is 2.68. The van der Waals surface area contributed by atoms with Crippen molar-refractivity contribution in [2.75, 3.05) is 26.3 Å². The van der Waals surface area contributed by atoms with Crippen LogP contribution in [0.3, 0.4) is 0 Å². The summed E-state index contributed by atoms with van der Waals surface area (Å²) in [6, 6.07) is 0. The van der Waals surface area contributed by atoms with E-state index in [0.29, 0.717) is 0 Å². The van der Waals surface area contributed by atoms with E-state index in [2.05, 4.69) is 11.9 Å². The molecule has 1 heterocycles. The van der Waals surface area contributed by atoms with Crippen molar-refractivity contribution in [1.29, 1.82) is 0 Å². The van der Waals surface area contributed by atoms with Crippen LogP contribution in [0.5, 0.6) is 0 Å². The number of hydrogen-bond donors (Lipinski definition) is 1. The molecule has 10 heavy (non-hydrogen) atoms. The second kappa shape index (κ2) is 4.47. The summed E-state index contributed by atoms with van der Waals surface area (Å²) in [5.74, 6) is 0.736. The van der Waals surface area contributed by atoms with Crippen LogP contribution < -0.4 is 5.32 Å². The Morgan fingerprint density at radius 3 is 3.20 bits per heavy atom. The van der Waals surface area contributed by atoms with E-state index in [1.807, 2.05) is 6.08 Å². The topological polar surface area (TPSA) is 21.3 Å². The normalized spacial score (nSPS) is 25.0. The Morgan fingerprint density at radius 1 is 1.70 bits per heavy atom. The SMILES string of the molecule is C=CCNCC1CCOC1. The predicted octanol–water partition coefficient (Wildman–Crippen LogP) is 0.798. The maximum absolute atomic E-state index is 5.22. The first-order chi connectivity index (χ1) is 4.93. The highest BCUT2D eigenvalue weighted by Gasteiger charge is 2.13. The molecule has 0 radical (unpaired) electrons. The average molecular weight is 141 g/mol. The van der Waals surface area contributed by atoms with E-state index in [1.54, 1.807) is 0 Å². The summed E-state index contributed by atoms with van der Waals surface area (Å²) in [5.41, 5.74) is 0. The van der Waals surface area contributed by atoms with Gasteiger partial charge in [0.25, 0.3) is 0 Å². The van der Waals surface area contributed by atoms with Gasteiger partial charge in [0.2, 0.25) is 0 Å². The van der Waals surface area contributed by atoms with Crippen molar-refractivity contribution in [2.45, 2.75) is 6.42 Å². The van der Waals surface area contributed by atoms with Gasteiger partial charge in [-0.1, -0.05) is 6.08 Å². The number of nitrogens with one attached hydrogen (secondary N) is 1. The van der Waals surface area contributed by atoms with Crippen LogP contribution in [-0.4, -0.2) is 26.3 Å². The molecule has 58 valence electrons. The molecule has 1 atom stereocenters. The first-order valence-corrected chi connectivity index (χ1v) is 3.83. The van der Waals surface area contributed by atoms with Crippen molar-refractivity contribution >= 4 is 0 Å². The van der Waals surface area contributed by atoms with Crippen LogP contribution in [-0.2, 0) is 4.74 Å². The van der Waals surface area contributed by atoms with Crippen molar-refractivity contribution < 1.29 is 4.74 Å². The number of hydrogen-bond acceptors (Lipinski definition) is 2. The smallest absolute Gasteiger partial charge is 0.0507 e. The Morgan fingerprint density at radius 2 is 2.60 bits per heavy atom. The zero-order chi connectivity index (χ0) is 7.23. The molecular weight excluding hydrogens is 126 g/mol. The van der Waals surface area contributed by atoms with E-state index in [9.17, 15) is 0 Å². The Hall–Kier alpha value is -0.340. The van der Waals surface area contributed by atoms with Crippen LogP contribution >= 0.6 is 0 Å². The first kappa shape index (κ1) is 7.76. The third kappa shape index (κ3) is 2.50. The van der Waals surface area contributed by atoms with Crippen LogP contribution in [0.2, 0.25) is 0 Å². The lowest BCUT2D eigenvalue weighted by molar-refractivity contribution is 0.185. The summed E-state index contributed by atoms with van der Waals surface area (Å²) in [7, 11) is 0. The van der Waals surface area contributed by atoms with Crippen molar-refractivity contribution in [3.8, 4) is 0 Å². The standard InChI is InChI=1S/C8H15NO/c1-2-4-9-6-8-3-5-10-7-8/h2,8-9H,1,3-7H2. The van der Waals surface area contributed by atoms with Gasteiger partial charge in [-0.2, -0.15) is 0 Å². The van der Waals surface area contributed by atoms with Crippen LogP contribution in [0.4, 0.5) is 0 Å². The van der Waals surface area contributed by atoms with E-state index in [0.717, 1.165) is 32.2 Å². The van der Waals surface area contributed by atoms with Gasteiger partial charge >= 0.3 is 0 Å². The zero-order valence-electron chi connectivity index (χ0n) is 6.31. The quantitative estimate of drug-likeness (QED) is 0.462. The van der Waals surface area contributed by atoms with Gasteiger partial charge in [0.05, 0.1) is 6.61 Å². The van der Waals surface area contributed by atoms with Crippen molar-refractivity contribution in [2.24, 2.45) is 5.92 Å². The molecule has 1 saturated heterocycles. The van der Waals surface area contributed by atoms with Crippen LogP contribution in [0, 0.1) is 5.92 Å². The minimum Gasteiger partial charge on any atom is -0.381 e. The van der Waals surface area contributed by atoms with Gasteiger partial charge in [-0.05, 0) is 12.3 Å². The van der Waals surface area contributed by atoms with Crippen molar-refractivity contribution in [3.63, 3.8) is 0 Å². The number of ether oxygens (including phenoxy) is 1. The molecule has 1 aliphatic heterocycles. The summed E-state index contributed by atoms with van der Waals surface area (Å²) >= 11 is 0. The van der Waals surface area contributed by atoms with E-state index in [-0.39, 0.29) is 0 Å². The molecule has 1 N–H and O–H groups in total. The molecule has 0 saturated carbocycles. The van der Waals surface area contributed by atoms with Gasteiger partial charge in [-0.3, -0.25) is 0 Å². The van der Waals surface area contributed by atoms with Gasteiger partial charge in [0.1, 0.15) is 0 Å². The fourth-order valence-electron chi connectivity index (χ4n) is 1.13. The lowest BCUT2D eigenvalue weighted by atomic mass is 10.1. The summed E-state index contributed by atoms with van der Waals surface area (Å²) in [6.07, 6.45) is 3.10. The molecule has 1 unspecified atom stereocenters. The van der Waals surface area contributed by atoms with Crippen LogP contribution in [0.25, 0.3) is 0 Å². The first-order valence-electron chi connectivity index (χ1n) is 3.83. The fourth-order valence-corrected chi connectivity index (χ4v) is 1.13. The molecule has 1 fully saturated rings. The minimum absolute atomic E-state index is 0.736. The summed E-state index contributed by atoms with van der Waals surface area (Å²) in [6.45, 7) is 7.50. The molecule has 0 aromatic heterocycles. The Kier molecular flexibility index (Phi) is 3.47. The molecule has 1 aliphatic rings. The van der Waals surface area contributed by atoms with Crippen molar-refractivity contribution in [1.82, 2.24) is 5.32 Å². The number of rotatable bonds is 4. The van der Waals surface area contributed by atoms with Gasteiger partial charge in [0, 0.05) is 19.7 Å². The summed E-state index contributed by atoms with van der Waals surface area (Å²) < 4.78 is 5.22. The summed E-state index contributed by atoms with van der Waals surface area (Å²) in [5, 5.41) is 3.28. The maximum Gasteiger partial charge on any atom is 0.0507 e. The Labute approximate surface area is 62.3 Å². The molecular formula is C8H15NO. The highest BCUT2D eigenvalue weighted by atomic mass is 16.5. The molecule has 1 rings (SSSR count).